The van der Waals surface area contributed by atoms with Crippen LogP contribution in [0, 0.1) is 0 Å². The van der Waals surface area contributed by atoms with Gasteiger partial charge >= 0.3 is 5.97 Å². The number of hydrogen-bond acceptors (Lipinski definition) is 5. The van der Waals surface area contributed by atoms with Crippen molar-refractivity contribution in [1.29, 1.82) is 0 Å². The van der Waals surface area contributed by atoms with E-state index in [1.165, 1.54) is 0 Å². The molecule has 0 fully saturated rings. The fourth-order valence-electron chi connectivity index (χ4n) is 3.49. The van der Waals surface area contributed by atoms with E-state index < -0.39 is 5.97 Å². The molecule has 0 amide bonds. The lowest BCUT2D eigenvalue weighted by atomic mass is 10.1. The quantitative estimate of drug-likeness (QED) is 0.244. The van der Waals surface area contributed by atoms with Gasteiger partial charge < -0.3 is 18.9 Å². The van der Waals surface area contributed by atoms with Crippen molar-refractivity contribution in [2.45, 2.75) is 19.6 Å². The SMILES string of the molecule is COc1cc(C(=O)OCCc2ccc(OCc3ccccc3)cc2)ccc1OCc1ccccc1. The van der Waals surface area contributed by atoms with Crippen LogP contribution in [0.15, 0.2) is 103 Å². The van der Waals surface area contributed by atoms with E-state index in [0.717, 1.165) is 22.4 Å². The Morgan fingerprint density at radius 3 is 1.91 bits per heavy atom. The zero-order chi connectivity index (χ0) is 24.3. The van der Waals surface area contributed by atoms with Crippen molar-refractivity contribution in [2.24, 2.45) is 0 Å². The molecule has 4 rings (SSSR count). The van der Waals surface area contributed by atoms with Crippen LogP contribution in [0.25, 0.3) is 0 Å². The summed E-state index contributed by atoms with van der Waals surface area (Å²) in [6.45, 7) is 1.21. The van der Waals surface area contributed by atoms with Crippen LogP contribution in [0.4, 0.5) is 0 Å². The number of carbonyl (C=O) groups is 1. The lowest BCUT2D eigenvalue weighted by molar-refractivity contribution is 0.0508. The molecular weight excluding hydrogens is 440 g/mol. The van der Waals surface area contributed by atoms with Crippen LogP contribution in [0.2, 0.25) is 0 Å². The third-order valence-electron chi connectivity index (χ3n) is 5.43. The number of hydrogen-bond donors (Lipinski definition) is 0. The normalized spacial score (nSPS) is 10.4. The second-order valence-corrected chi connectivity index (χ2v) is 7.94. The molecular formula is C30H28O5. The molecule has 178 valence electrons. The third-order valence-corrected chi connectivity index (χ3v) is 5.43. The summed E-state index contributed by atoms with van der Waals surface area (Å²) < 4.78 is 22.5. The monoisotopic (exact) mass is 468 g/mol. The van der Waals surface area contributed by atoms with Crippen molar-refractivity contribution in [3.05, 3.63) is 125 Å². The number of carbonyl (C=O) groups excluding carboxylic acids is 1. The third kappa shape index (κ3) is 7.11. The van der Waals surface area contributed by atoms with Crippen molar-refractivity contribution >= 4 is 5.97 Å². The number of benzene rings is 4. The lowest BCUT2D eigenvalue weighted by Crippen LogP contribution is -2.09. The van der Waals surface area contributed by atoms with Gasteiger partial charge in [-0.05, 0) is 47.0 Å². The van der Waals surface area contributed by atoms with Gasteiger partial charge in [-0.1, -0.05) is 72.8 Å². The van der Waals surface area contributed by atoms with E-state index in [-0.39, 0.29) is 6.61 Å². The molecule has 0 spiro atoms. The van der Waals surface area contributed by atoms with Crippen LogP contribution >= 0.6 is 0 Å². The zero-order valence-corrected chi connectivity index (χ0v) is 19.7. The molecule has 0 saturated heterocycles. The predicted molar refractivity (Wildman–Crippen MR) is 135 cm³/mol. The fraction of sp³-hybridized carbons (Fsp3) is 0.167. The highest BCUT2D eigenvalue weighted by atomic mass is 16.5. The Balaban J connectivity index is 1.25. The minimum absolute atomic E-state index is 0.275. The first-order valence-electron chi connectivity index (χ1n) is 11.5. The number of esters is 1. The second kappa shape index (κ2) is 12.3. The standard InChI is InChI=1S/C30H28O5/c1-32-29-20-26(14-17-28(29)35-22-25-10-6-3-7-11-25)30(31)33-19-18-23-12-15-27(16-13-23)34-21-24-8-4-2-5-9-24/h2-17,20H,18-19,21-22H2,1H3. The second-order valence-electron chi connectivity index (χ2n) is 7.94. The highest BCUT2D eigenvalue weighted by Gasteiger charge is 2.13. The average molecular weight is 469 g/mol. The van der Waals surface area contributed by atoms with Crippen molar-refractivity contribution in [1.82, 2.24) is 0 Å². The Kier molecular flexibility index (Phi) is 8.38. The molecule has 0 aliphatic heterocycles. The first kappa shape index (κ1) is 23.9. The molecule has 35 heavy (non-hydrogen) atoms. The van der Waals surface area contributed by atoms with Gasteiger partial charge in [-0.25, -0.2) is 4.79 Å². The average Bonchev–Trinajstić information content (AvgIpc) is 2.92. The van der Waals surface area contributed by atoms with Gasteiger partial charge in [-0.2, -0.15) is 0 Å². The molecule has 0 unspecified atom stereocenters. The highest BCUT2D eigenvalue weighted by Crippen LogP contribution is 2.29. The Bertz CT molecular complexity index is 1200. The van der Waals surface area contributed by atoms with Gasteiger partial charge in [0, 0.05) is 6.42 Å². The molecule has 0 aliphatic rings. The van der Waals surface area contributed by atoms with Crippen molar-refractivity contribution in [3.63, 3.8) is 0 Å². The minimum Gasteiger partial charge on any atom is -0.493 e. The maximum Gasteiger partial charge on any atom is 0.338 e. The van der Waals surface area contributed by atoms with Gasteiger partial charge in [0.2, 0.25) is 0 Å². The van der Waals surface area contributed by atoms with Gasteiger partial charge in [-0.15, -0.1) is 0 Å². The molecule has 0 N–H and O–H groups in total. The van der Waals surface area contributed by atoms with Gasteiger partial charge in [0.15, 0.2) is 11.5 Å². The van der Waals surface area contributed by atoms with E-state index >= 15 is 0 Å². The number of rotatable bonds is 11. The first-order chi connectivity index (χ1) is 17.2. The van der Waals surface area contributed by atoms with Gasteiger partial charge in [-0.3, -0.25) is 0 Å². The molecule has 0 heterocycles. The largest absolute Gasteiger partial charge is 0.493 e. The summed E-state index contributed by atoms with van der Waals surface area (Å²) in [4.78, 5) is 12.5. The van der Waals surface area contributed by atoms with Crippen LogP contribution in [0.3, 0.4) is 0 Å². The van der Waals surface area contributed by atoms with Crippen molar-refractivity contribution in [2.75, 3.05) is 13.7 Å². The summed E-state index contributed by atoms with van der Waals surface area (Å²) in [5.74, 6) is 1.46. The molecule has 5 heteroatoms. The summed E-state index contributed by atoms with van der Waals surface area (Å²) in [5, 5.41) is 0. The van der Waals surface area contributed by atoms with Crippen molar-refractivity contribution in [3.8, 4) is 17.2 Å². The Morgan fingerprint density at radius 2 is 1.29 bits per heavy atom. The van der Waals surface area contributed by atoms with Gasteiger partial charge in [0.1, 0.15) is 19.0 Å². The molecule has 0 aromatic heterocycles. The molecule has 0 saturated carbocycles. The maximum atomic E-state index is 12.5. The van der Waals surface area contributed by atoms with E-state index in [2.05, 4.69) is 0 Å². The molecule has 0 radical (unpaired) electrons. The van der Waals surface area contributed by atoms with Crippen LogP contribution in [-0.4, -0.2) is 19.7 Å². The van der Waals surface area contributed by atoms with E-state index in [0.29, 0.717) is 36.7 Å². The number of methoxy groups -OCH3 is 1. The fourth-order valence-corrected chi connectivity index (χ4v) is 3.49. The molecule has 0 atom stereocenters. The predicted octanol–water partition coefficient (Wildman–Crippen LogP) is 6.25. The summed E-state index contributed by atoms with van der Waals surface area (Å²) in [6.07, 6.45) is 0.611. The van der Waals surface area contributed by atoms with E-state index in [9.17, 15) is 4.79 Å². The summed E-state index contributed by atoms with van der Waals surface area (Å²) >= 11 is 0. The Morgan fingerprint density at radius 1 is 0.657 bits per heavy atom. The Hall–Kier alpha value is -4.25. The summed E-state index contributed by atoms with van der Waals surface area (Å²) in [5.41, 5.74) is 3.65. The summed E-state index contributed by atoms with van der Waals surface area (Å²) in [7, 11) is 1.55. The maximum absolute atomic E-state index is 12.5. The minimum atomic E-state index is -0.402. The van der Waals surface area contributed by atoms with Crippen LogP contribution in [0.1, 0.15) is 27.0 Å². The molecule has 4 aromatic rings. The molecule has 0 bridgehead atoms. The zero-order valence-electron chi connectivity index (χ0n) is 19.7. The molecule has 5 nitrogen and oxygen atoms in total. The lowest BCUT2D eigenvalue weighted by Gasteiger charge is -2.12. The topological polar surface area (TPSA) is 54.0 Å². The molecule has 0 aliphatic carbocycles. The van der Waals surface area contributed by atoms with Crippen LogP contribution in [0.5, 0.6) is 17.2 Å². The first-order valence-corrected chi connectivity index (χ1v) is 11.5. The number of ether oxygens (including phenoxy) is 4. The van der Waals surface area contributed by atoms with Gasteiger partial charge in [0.25, 0.3) is 0 Å². The van der Waals surface area contributed by atoms with Crippen LogP contribution < -0.4 is 14.2 Å². The highest BCUT2D eigenvalue weighted by molar-refractivity contribution is 5.90. The van der Waals surface area contributed by atoms with E-state index in [1.807, 2.05) is 84.9 Å². The Labute approximate surface area is 205 Å². The smallest absolute Gasteiger partial charge is 0.338 e. The van der Waals surface area contributed by atoms with Gasteiger partial charge in [0.05, 0.1) is 19.3 Å². The van der Waals surface area contributed by atoms with E-state index in [1.54, 1.807) is 25.3 Å². The van der Waals surface area contributed by atoms with Crippen molar-refractivity contribution < 1.29 is 23.7 Å². The summed E-state index contributed by atoms with van der Waals surface area (Å²) in [6, 6.07) is 32.8. The van der Waals surface area contributed by atoms with E-state index in [4.69, 9.17) is 18.9 Å². The molecule has 4 aromatic carbocycles. The van der Waals surface area contributed by atoms with Crippen LogP contribution in [-0.2, 0) is 24.4 Å².